The van der Waals surface area contributed by atoms with Crippen molar-refractivity contribution in [3.8, 4) is 0 Å². The summed E-state index contributed by atoms with van der Waals surface area (Å²) in [5, 5.41) is 21.7. The molecule has 8 nitrogen and oxygen atoms in total. The highest BCUT2D eigenvalue weighted by Crippen LogP contribution is 2.51. The molecule has 1 aromatic rings. The standard InChI is InChI=1S/C15H18N4O4S/c1-7-11-10(8(2)20)14(21)19(11)12(15(22)23)13(7)24-9-3-17-5-16-6-18(17)4-9/h5-11,20H,3-4H2,1-2H3/t7-,8-,10-,11-/m0/s1. The van der Waals surface area contributed by atoms with Crippen molar-refractivity contribution >= 4 is 23.6 Å². The number of carboxylic acid groups (broad SMARTS) is 1. The van der Waals surface area contributed by atoms with Crippen LogP contribution >= 0.6 is 11.8 Å². The topological polar surface area (TPSA) is 102 Å². The highest BCUT2D eigenvalue weighted by Gasteiger charge is 2.59. The third-order valence-corrected chi connectivity index (χ3v) is 6.56. The quantitative estimate of drug-likeness (QED) is 0.503. The molecule has 4 atom stereocenters. The van der Waals surface area contributed by atoms with Crippen molar-refractivity contribution in [2.75, 3.05) is 0 Å². The van der Waals surface area contributed by atoms with Crippen molar-refractivity contribution in [1.29, 1.82) is 0 Å². The van der Waals surface area contributed by atoms with E-state index in [2.05, 4.69) is 4.98 Å². The first-order valence-corrected chi connectivity index (χ1v) is 8.81. The van der Waals surface area contributed by atoms with E-state index in [1.165, 1.54) is 16.7 Å². The second-order valence-corrected chi connectivity index (χ2v) is 7.96. The van der Waals surface area contributed by atoms with E-state index < -0.39 is 18.0 Å². The second kappa shape index (κ2) is 5.32. The minimum atomic E-state index is -1.32. The summed E-state index contributed by atoms with van der Waals surface area (Å²) in [5.41, 5.74) is -0.0147. The first-order valence-electron chi connectivity index (χ1n) is 7.93. The molecule has 0 aliphatic carbocycles. The minimum Gasteiger partial charge on any atom is -0.543 e. The molecule has 0 spiro atoms. The van der Waals surface area contributed by atoms with E-state index in [9.17, 15) is 19.8 Å². The van der Waals surface area contributed by atoms with Crippen LogP contribution in [0.3, 0.4) is 0 Å². The smallest absolute Gasteiger partial charge is 0.306 e. The van der Waals surface area contributed by atoms with E-state index in [-0.39, 0.29) is 28.8 Å². The molecule has 0 saturated carbocycles. The number of rotatable bonds is 4. The molecule has 0 aromatic carbocycles. The highest BCUT2D eigenvalue weighted by atomic mass is 32.2. The van der Waals surface area contributed by atoms with Gasteiger partial charge in [-0.15, -0.1) is 11.8 Å². The van der Waals surface area contributed by atoms with E-state index in [0.717, 1.165) is 13.1 Å². The van der Waals surface area contributed by atoms with Crippen molar-refractivity contribution in [3.05, 3.63) is 23.3 Å². The fourth-order valence-corrected chi connectivity index (χ4v) is 5.48. The lowest BCUT2D eigenvalue weighted by molar-refractivity contribution is -0.758. The fourth-order valence-electron chi connectivity index (χ4n) is 4.02. The van der Waals surface area contributed by atoms with Crippen molar-refractivity contribution in [2.45, 2.75) is 44.3 Å². The Morgan fingerprint density at radius 2 is 2.33 bits per heavy atom. The lowest BCUT2D eigenvalue weighted by atomic mass is 9.79. The molecule has 128 valence electrons. The molecular weight excluding hydrogens is 332 g/mol. The number of aliphatic carboxylic acids is 1. The van der Waals surface area contributed by atoms with E-state index in [1.807, 2.05) is 16.3 Å². The number of carbonyl (C=O) groups is 2. The number of carboxylic acids is 1. The molecule has 3 aliphatic rings. The lowest BCUT2D eigenvalue weighted by Gasteiger charge is -2.47. The van der Waals surface area contributed by atoms with E-state index in [4.69, 9.17) is 0 Å². The maximum absolute atomic E-state index is 12.3. The van der Waals surface area contributed by atoms with Gasteiger partial charge in [-0.3, -0.25) is 4.79 Å². The van der Waals surface area contributed by atoms with Gasteiger partial charge in [-0.1, -0.05) is 6.92 Å². The van der Waals surface area contributed by atoms with Gasteiger partial charge in [0.05, 0.1) is 41.5 Å². The van der Waals surface area contributed by atoms with Crippen LogP contribution in [0.4, 0.5) is 0 Å². The Morgan fingerprint density at radius 1 is 1.58 bits per heavy atom. The third-order valence-electron chi connectivity index (χ3n) is 5.11. The van der Waals surface area contributed by atoms with Gasteiger partial charge in [0.15, 0.2) is 0 Å². The van der Waals surface area contributed by atoms with Crippen LogP contribution in [0.1, 0.15) is 13.8 Å². The van der Waals surface area contributed by atoms with Crippen LogP contribution in [-0.4, -0.2) is 48.9 Å². The summed E-state index contributed by atoms with van der Waals surface area (Å²) in [6, 6.07) is -0.289. The van der Waals surface area contributed by atoms with E-state index >= 15 is 0 Å². The summed E-state index contributed by atoms with van der Waals surface area (Å²) >= 11 is 1.50. The number of thioether (sulfide) groups is 1. The van der Waals surface area contributed by atoms with Gasteiger partial charge in [0.25, 0.3) is 0 Å². The minimum absolute atomic E-state index is 0.0147. The SMILES string of the molecule is C[C@H](O)[C@@H]1C(=O)N2C(C(=O)[O-])=C(SC3Cn4cnc[n+]4C3)[C@@H](C)[C@@H]12. The van der Waals surface area contributed by atoms with Crippen LogP contribution in [0.15, 0.2) is 23.3 Å². The number of fused-ring (bicyclic) bond motifs is 2. The van der Waals surface area contributed by atoms with Gasteiger partial charge in [0.1, 0.15) is 6.54 Å². The monoisotopic (exact) mass is 350 g/mol. The van der Waals surface area contributed by atoms with Crippen LogP contribution in [0.25, 0.3) is 0 Å². The van der Waals surface area contributed by atoms with Crippen LogP contribution in [0.5, 0.6) is 0 Å². The van der Waals surface area contributed by atoms with Crippen molar-refractivity contribution < 1.29 is 24.5 Å². The molecule has 1 N–H and O–H groups in total. The molecular formula is C15H18N4O4S. The zero-order chi connectivity index (χ0) is 17.2. The normalized spacial score (nSPS) is 32.6. The average molecular weight is 350 g/mol. The van der Waals surface area contributed by atoms with Gasteiger partial charge in [-0.2, -0.15) is 9.36 Å². The molecule has 0 unspecified atom stereocenters. The zero-order valence-corrected chi connectivity index (χ0v) is 14.1. The molecule has 0 radical (unpaired) electrons. The molecule has 1 aromatic heterocycles. The number of hydrogen-bond donors (Lipinski definition) is 1. The fraction of sp³-hybridized carbons (Fsp3) is 0.600. The Balaban J connectivity index is 1.61. The Hall–Kier alpha value is -1.87. The van der Waals surface area contributed by atoms with Crippen LogP contribution in [0, 0.1) is 11.8 Å². The maximum atomic E-state index is 12.3. The molecule has 1 saturated heterocycles. The van der Waals surface area contributed by atoms with Gasteiger partial charge in [-0.25, -0.2) is 0 Å². The number of aromatic nitrogens is 3. The number of nitrogens with zero attached hydrogens (tertiary/aromatic N) is 4. The van der Waals surface area contributed by atoms with Gasteiger partial charge in [0, 0.05) is 10.8 Å². The Labute approximate surface area is 142 Å². The predicted octanol–water partition coefficient (Wildman–Crippen LogP) is -1.89. The number of hydrogen-bond acceptors (Lipinski definition) is 6. The summed E-state index contributed by atoms with van der Waals surface area (Å²) in [6.07, 6.45) is 2.70. The van der Waals surface area contributed by atoms with Crippen molar-refractivity contribution in [1.82, 2.24) is 14.6 Å². The second-order valence-electron chi connectivity index (χ2n) is 6.62. The summed E-state index contributed by atoms with van der Waals surface area (Å²) in [4.78, 5) is 30.0. The average Bonchev–Trinajstić information content (AvgIpc) is 3.12. The van der Waals surface area contributed by atoms with Gasteiger partial charge >= 0.3 is 6.33 Å². The predicted molar refractivity (Wildman–Crippen MR) is 80.8 cm³/mol. The van der Waals surface area contributed by atoms with Crippen LogP contribution in [0.2, 0.25) is 0 Å². The van der Waals surface area contributed by atoms with Crippen molar-refractivity contribution in [2.24, 2.45) is 11.8 Å². The molecule has 1 amide bonds. The summed E-state index contributed by atoms with van der Waals surface area (Å²) in [5.74, 6) is -2.31. The van der Waals surface area contributed by atoms with E-state index in [0.29, 0.717) is 4.91 Å². The Bertz CT molecular complexity index is 738. The molecule has 4 heterocycles. The summed E-state index contributed by atoms with van der Waals surface area (Å²) in [7, 11) is 0. The molecule has 3 aliphatic heterocycles. The zero-order valence-electron chi connectivity index (χ0n) is 13.3. The molecule has 24 heavy (non-hydrogen) atoms. The molecule has 0 bridgehead atoms. The highest BCUT2D eigenvalue weighted by molar-refractivity contribution is 8.03. The maximum Gasteiger partial charge on any atom is 0.306 e. The number of β-lactam (4-membered cyclic amide) rings is 1. The molecule has 9 heteroatoms. The Kier molecular flexibility index (Phi) is 3.47. The lowest BCUT2D eigenvalue weighted by Crippen LogP contribution is -2.64. The van der Waals surface area contributed by atoms with E-state index in [1.54, 1.807) is 19.6 Å². The number of aliphatic hydroxyl groups is 1. The molecule has 1 fully saturated rings. The molecule has 4 rings (SSSR count). The summed E-state index contributed by atoms with van der Waals surface area (Å²) in [6.45, 7) is 4.96. The first-order chi connectivity index (χ1) is 11.4. The number of carbonyl (C=O) groups excluding carboxylic acids is 2. The summed E-state index contributed by atoms with van der Waals surface area (Å²) < 4.78 is 3.96. The van der Waals surface area contributed by atoms with Gasteiger partial charge in [-0.05, 0) is 11.9 Å². The number of aliphatic hydroxyl groups excluding tert-OH is 1. The van der Waals surface area contributed by atoms with Crippen molar-refractivity contribution in [3.63, 3.8) is 0 Å². The first kappa shape index (κ1) is 15.6. The number of amides is 1. The Morgan fingerprint density at radius 3 is 2.96 bits per heavy atom. The largest absolute Gasteiger partial charge is 0.543 e. The third kappa shape index (κ3) is 2.04. The van der Waals surface area contributed by atoms with Crippen LogP contribution in [-0.2, 0) is 22.7 Å². The van der Waals surface area contributed by atoms with Gasteiger partial charge in [0.2, 0.25) is 12.2 Å². The van der Waals surface area contributed by atoms with Gasteiger partial charge < -0.3 is 19.9 Å². The van der Waals surface area contributed by atoms with Crippen LogP contribution < -0.4 is 9.79 Å².